The molecule has 2 heterocycles. The van der Waals surface area contributed by atoms with Gasteiger partial charge >= 0.3 is 0 Å². The predicted molar refractivity (Wildman–Crippen MR) is 87.9 cm³/mol. The van der Waals surface area contributed by atoms with Crippen LogP contribution in [-0.2, 0) is 6.42 Å². The summed E-state index contributed by atoms with van der Waals surface area (Å²) in [7, 11) is 0. The summed E-state index contributed by atoms with van der Waals surface area (Å²) >= 11 is 1.75. The van der Waals surface area contributed by atoms with Gasteiger partial charge in [0.05, 0.1) is 0 Å². The van der Waals surface area contributed by atoms with Crippen molar-refractivity contribution in [2.24, 2.45) is 0 Å². The first-order chi connectivity index (χ1) is 10.3. The van der Waals surface area contributed by atoms with E-state index < -0.39 is 0 Å². The Morgan fingerprint density at radius 3 is 2.48 bits per heavy atom. The number of carbonyl (C=O) groups is 1. The highest BCUT2D eigenvalue weighted by Gasteiger charge is 2.19. The number of likely N-dealkylation sites (tertiary alicyclic amines) is 1. The van der Waals surface area contributed by atoms with Crippen LogP contribution in [0.2, 0.25) is 0 Å². The van der Waals surface area contributed by atoms with Gasteiger partial charge in [-0.3, -0.25) is 4.79 Å². The minimum Gasteiger partial charge on any atom is -0.339 e. The SMILES string of the molecule is O=C(c1ccccc1Cc1cccs1)N1CCCCCC1. The summed E-state index contributed by atoms with van der Waals surface area (Å²) in [6.45, 7) is 1.82. The zero-order valence-corrected chi connectivity index (χ0v) is 13.1. The Morgan fingerprint density at radius 1 is 1.00 bits per heavy atom. The van der Waals surface area contributed by atoms with Gasteiger partial charge in [0.15, 0.2) is 0 Å². The molecule has 1 fully saturated rings. The molecule has 2 nitrogen and oxygen atoms in total. The minimum atomic E-state index is 0.212. The van der Waals surface area contributed by atoms with Crippen LogP contribution >= 0.6 is 11.3 Å². The fourth-order valence-electron chi connectivity index (χ4n) is 2.93. The predicted octanol–water partition coefficient (Wildman–Crippen LogP) is 4.36. The van der Waals surface area contributed by atoms with Gasteiger partial charge in [-0.2, -0.15) is 0 Å². The third kappa shape index (κ3) is 3.53. The molecule has 0 aliphatic carbocycles. The number of carbonyl (C=O) groups excluding carboxylic acids is 1. The van der Waals surface area contributed by atoms with Crippen LogP contribution < -0.4 is 0 Å². The second-order valence-electron chi connectivity index (χ2n) is 5.62. The van der Waals surface area contributed by atoms with E-state index in [4.69, 9.17) is 0 Å². The van der Waals surface area contributed by atoms with Gasteiger partial charge in [-0.25, -0.2) is 0 Å². The summed E-state index contributed by atoms with van der Waals surface area (Å²) in [5.74, 6) is 0.212. The molecule has 0 radical (unpaired) electrons. The van der Waals surface area contributed by atoms with Crippen LogP contribution in [-0.4, -0.2) is 23.9 Å². The van der Waals surface area contributed by atoms with Gasteiger partial charge in [-0.15, -0.1) is 11.3 Å². The van der Waals surface area contributed by atoms with E-state index in [1.807, 2.05) is 23.1 Å². The molecular weight excluding hydrogens is 278 g/mol. The van der Waals surface area contributed by atoms with Crippen LogP contribution in [0.5, 0.6) is 0 Å². The molecule has 0 N–H and O–H groups in total. The van der Waals surface area contributed by atoms with E-state index in [0.29, 0.717) is 0 Å². The number of hydrogen-bond donors (Lipinski definition) is 0. The molecule has 0 bridgehead atoms. The Morgan fingerprint density at radius 2 is 1.76 bits per heavy atom. The van der Waals surface area contributed by atoms with Crippen LogP contribution in [0.1, 0.15) is 46.5 Å². The second-order valence-corrected chi connectivity index (χ2v) is 6.65. The number of benzene rings is 1. The lowest BCUT2D eigenvalue weighted by Crippen LogP contribution is -2.32. The largest absolute Gasteiger partial charge is 0.339 e. The minimum absolute atomic E-state index is 0.212. The van der Waals surface area contributed by atoms with Gasteiger partial charge in [0, 0.05) is 30.0 Å². The molecule has 2 aromatic rings. The first-order valence-corrected chi connectivity index (χ1v) is 8.62. The zero-order chi connectivity index (χ0) is 14.5. The first-order valence-electron chi connectivity index (χ1n) is 7.74. The smallest absolute Gasteiger partial charge is 0.254 e. The van der Waals surface area contributed by atoms with Crippen LogP contribution in [0.15, 0.2) is 41.8 Å². The van der Waals surface area contributed by atoms with E-state index in [-0.39, 0.29) is 5.91 Å². The molecule has 0 saturated carbocycles. The van der Waals surface area contributed by atoms with Crippen molar-refractivity contribution in [3.8, 4) is 0 Å². The Labute approximate surface area is 130 Å². The average molecular weight is 299 g/mol. The molecule has 110 valence electrons. The van der Waals surface area contributed by atoms with Crippen molar-refractivity contribution in [2.45, 2.75) is 32.1 Å². The highest BCUT2D eigenvalue weighted by molar-refractivity contribution is 7.09. The zero-order valence-electron chi connectivity index (χ0n) is 12.3. The fourth-order valence-corrected chi connectivity index (χ4v) is 3.66. The number of thiophene rings is 1. The molecule has 0 atom stereocenters. The summed E-state index contributed by atoms with van der Waals surface area (Å²) in [5.41, 5.74) is 2.03. The lowest BCUT2D eigenvalue weighted by molar-refractivity contribution is 0.0760. The molecule has 1 aliphatic heterocycles. The summed E-state index contributed by atoms with van der Waals surface area (Å²) < 4.78 is 0. The van der Waals surface area contributed by atoms with E-state index in [0.717, 1.165) is 43.5 Å². The third-order valence-electron chi connectivity index (χ3n) is 4.09. The molecule has 1 aliphatic rings. The second kappa shape index (κ2) is 6.90. The highest BCUT2D eigenvalue weighted by atomic mass is 32.1. The highest BCUT2D eigenvalue weighted by Crippen LogP contribution is 2.20. The molecule has 3 rings (SSSR count). The normalized spacial score (nSPS) is 15.7. The summed E-state index contributed by atoms with van der Waals surface area (Å²) in [6, 6.07) is 12.3. The Balaban J connectivity index is 1.82. The van der Waals surface area contributed by atoms with Gasteiger partial charge in [0.25, 0.3) is 5.91 Å². The number of nitrogens with zero attached hydrogens (tertiary/aromatic N) is 1. The van der Waals surface area contributed by atoms with Crippen molar-refractivity contribution in [1.29, 1.82) is 0 Å². The van der Waals surface area contributed by atoms with Gasteiger partial charge in [-0.1, -0.05) is 37.1 Å². The number of hydrogen-bond acceptors (Lipinski definition) is 2. The topological polar surface area (TPSA) is 20.3 Å². The Kier molecular flexibility index (Phi) is 4.71. The maximum absolute atomic E-state index is 12.8. The van der Waals surface area contributed by atoms with Crippen molar-refractivity contribution >= 4 is 17.2 Å². The number of rotatable bonds is 3. The quantitative estimate of drug-likeness (QED) is 0.825. The van der Waals surface area contributed by atoms with Gasteiger partial charge < -0.3 is 4.90 Å². The molecule has 1 saturated heterocycles. The van der Waals surface area contributed by atoms with Crippen molar-refractivity contribution < 1.29 is 4.79 Å². The van der Waals surface area contributed by atoms with Gasteiger partial charge in [-0.05, 0) is 35.9 Å². The fraction of sp³-hybridized carbons (Fsp3) is 0.389. The summed E-state index contributed by atoms with van der Waals surface area (Å²) in [4.78, 5) is 16.2. The van der Waals surface area contributed by atoms with Crippen molar-refractivity contribution in [2.75, 3.05) is 13.1 Å². The Bertz CT molecular complexity index is 583. The molecule has 1 amide bonds. The molecule has 0 spiro atoms. The van der Waals surface area contributed by atoms with E-state index in [9.17, 15) is 4.79 Å². The molecule has 0 unspecified atom stereocenters. The van der Waals surface area contributed by atoms with E-state index >= 15 is 0 Å². The molecular formula is C18H21NOS. The van der Waals surface area contributed by atoms with Crippen LogP contribution in [0.4, 0.5) is 0 Å². The van der Waals surface area contributed by atoms with E-state index in [2.05, 4.69) is 23.6 Å². The third-order valence-corrected chi connectivity index (χ3v) is 4.96. The van der Waals surface area contributed by atoms with Crippen molar-refractivity contribution in [1.82, 2.24) is 4.90 Å². The molecule has 1 aromatic heterocycles. The molecule has 3 heteroatoms. The molecule has 1 aromatic carbocycles. The average Bonchev–Trinajstić information content (AvgIpc) is 2.87. The van der Waals surface area contributed by atoms with Gasteiger partial charge in [0.2, 0.25) is 0 Å². The number of amides is 1. The molecule has 21 heavy (non-hydrogen) atoms. The van der Waals surface area contributed by atoms with Crippen LogP contribution in [0.3, 0.4) is 0 Å². The van der Waals surface area contributed by atoms with Crippen LogP contribution in [0, 0.1) is 0 Å². The summed E-state index contributed by atoms with van der Waals surface area (Å²) in [5, 5.41) is 2.09. The van der Waals surface area contributed by atoms with Crippen molar-refractivity contribution in [3.05, 3.63) is 57.8 Å². The first kappa shape index (κ1) is 14.3. The lowest BCUT2D eigenvalue weighted by atomic mass is 10.0. The van der Waals surface area contributed by atoms with Gasteiger partial charge in [0.1, 0.15) is 0 Å². The monoisotopic (exact) mass is 299 g/mol. The van der Waals surface area contributed by atoms with E-state index in [1.54, 1.807) is 11.3 Å². The lowest BCUT2D eigenvalue weighted by Gasteiger charge is -2.21. The van der Waals surface area contributed by atoms with E-state index in [1.165, 1.54) is 17.7 Å². The summed E-state index contributed by atoms with van der Waals surface area (Å²) in [6.07, 6.45) is 5.63. The Hall–Kier alpha value is -1.61. The van der Waals surface area contributed by atoms with Crippen molar-refractivity contribution in [3.63, 3.8) is 0 Å². The van der Waals surface area contributed by atoms with Crippen LogP contribution in [0.25, 0.3) is 0 Å². The maximum atomic E-state index is 12.8. The maximum Gasteiger partial charge on any atom is 0.254 e. The standard InChI is InChI=1S/C18H21NOS/c20-18(19-11-5-1-2-6-12-19)17-10-4-3-8-15(17)14-16-9-7-13-21-16/h3-4,7-10,13H,1-2,5-6,11-12,14H2.